The Hall–Kier alpha value is -2.48. The van der Waals surface area contributed by atoms with E-state index in [0.717, 1.165) is 18.8 Å². The number of hydrogen-bond acceptors (Lipinski definition) is 5. The molecule has 3 heterocycles. The molecule has 0 bridgehead atoms. The van der Waals surface area contributed by atoms with Crippen LogP contribution in [0.3, 0.4) is 0 Å². The number of anilines is 1. The summed E-state index contributed by atoms with van der Waals surface area (Å²) in [4.78, 5) is 31.6. The summed E-state index contributed by atoms with van der Waals surface area (Å²) in [5.41, 5.74) is -0.997. The average molecular weight is 306 g/mol. The Bertz CT molecular complexity index is 805. The van der Waals surface area contributed by atoms with Crippen molar-refractivity contribution < 1.29 is 14.3 Å². The quantitative estimate of drug-likeness (QED) is 0.750. The van der Waals surface area contributed by atoms with E-state index >= 15 is 0 Å². The van der Waals surface area contributed by atoms with Gasteiger partial charge in [-0.2, -0.15) is 0 Å². The second-order valence-electron chi connectivity index (χ2n) is 5.33. The predicted octanol–water partition coefficient (Wildman–Crippen LogP) is 0.558. The van der Waals surface area contributed by atoms with Crippen LogP contribution in [0.5, 0.6) is 0 Å². The summed E-state index contributed by atoms with van der Waals surface area (Å²) in [6.45, 7) is 3.92. The van der Waals surface area contributed by atoms with Crippen LogP contribution in [0.25, 0.3) is 11.0 Å². The third-order valence-corrected chi connectivity index (χ3v) is 3.70. The minimum absolute atomic E-state index is 0.0654. The Balaban J connectivity index is 2.11. The maximum Gasteiger partial charge on any atom is 0.341 e. The van der Waals surface area contributed by atoms with Gasteiger partial charge in [0, 0.05) is 31.9 Å². The molecule has 1 atom stereocenters. The van der Waals surface area contributed by atoms with Crippen molar-refractivity contribution in [3.63, 3.8) is 0 Å². The number of nitrogens with one attached hydrogen (secondary N) is 2. The van der Waals surface area contributed by atoms with E-state index in [9.17, 15) is 14.0 Å². The second-order valence-corrected chi connectivity index (χ2v) is 5.33. The molecule has 0 aliphatic carbocycles. The maximum absolute atomic E-state index is 14.3. The number of rotatable bonds is 2. The van der Waals surface area contributed by atoms with E-state index < -0.39 is 22.8 Å². The molecule has 22 heavy (non-hydrogen) atoms. The number of fused-ring (bicyclic) bond motifs is 1. The molecule has 3 rings (SSSR count). The third kappa shape index (κ3) is 2.41. The van der Waals surface area contributed by atoms with E-state index in [1.54, 1.807) is 4.90 Å². The summed E-state index contributed by atoms with van der Waals surface area (Å²) in [6.07, 6.45) is 1.09. The highest BCUT2D eigenvalue weighted by atomic mass is 19.1. The molecule has 8 heteroatoms. The van der Waals surface area contributed by atoms with Crippen molar-refractivity contribution in [1.82, 2.24) is 15.3 Å². The Kier molecular flexibility index (Phi) is 3.53. The lowest BCUT2D eigenvalue weighted by Gasteiger charge is -2.32. The first-order valence-corrected chi connectivity index (χ1v) is 6.91. The van der Waals surface area contributed by atoms with Gasteiger partial charge in [0.1, 0.15) is 11.2 Å². The molecule has 0 spiro atoms. The van der Waals surface area contributed by atoms with Crippen LogP contribution in [0.4, 0.5) is 10.2 Å². The van der Waals surface area contributed by atoms with Gasteiger partial charge in [0.05, 0.1) is 5.39 Å². The fourth-order valence-corrected chi connectivity index (χ4v) is 2.62. The van der Waals surface area contributed by atoms with Gasteiger partial charge in [-0.05, 0) is 13.0 Å². The smallest absolute Gasteiger partial charge is 0.341 e. The topological polar surface area (TPSA) is 98.3 Å². The predicted molar refractivity (Wildman–Crippen MR) is 79.0 cm³/mol. The highest BCUT2D eigenvalue weighted by Crippen LogP contribution is 2.21. The van der Waals surface area contributed by atoms with Gasteiger partial charge in [-0.1, -0.05) is 0 Å². The molecule has 1 aliphatic rings. The largest absolute Gasteiger partial charge is 0.477 e. The van der Waals surface area contributed by atoms with Crippen molar-refractivity contribution in [2.75, 3.05) is 24.5 Å². The van der Waals surface area contributed by atoms with Crippen molar-refractivity contribution >= 4 is 22.8 Å². The number of carboxylic acids is 1. The molecular weight excluding hydrogens is 291 g/mol. The number of aromatic nitrogens is 2. The molecule has 0 saturated carbocycles. The van der Waals surface area contributed by atoms with Crippen LogP contribution in [0.15, 0.2) is 17.1 Å². The van der Waals surface area contributed by atoms with Gasteiger partial charge in [-0.3, -0.25) is 4.79 Å². The maximum atomic E-state index is 14.3. The van der Waals surface area contributed by atoms with Crippen molar-refractivity contribution in [2.24, 2.45) is 0 Å². The number of piperazine rings is 1. The van der Waals surface area contributed by atoms with Gasteiger partial charge in [-0.25, -0.2) is 14.2 Å². The van der Waals surface area contributed by atoms with Crippen LogP contribution in [-0.4, -0.2) is 46.7 Å². The number of H-pyrrole nitrogens is 1. The lowest BCUT2D eigenvalue weighted by atomic mass is 10.2. The number of carboxylic acid groups (broad SMARTS) is 1. The summed E-state index contributed by atoms with van der Waals surface area (Å²) >= 11 is 0. The van der Waals surface area contributed by atoms with Crippen LogP contribution in [0.1, 0.15) is 17.3 Å². The van der Waals surface area contributed by atoms with Crippen LogP contribution in [0.2, 0.25) is 0 Å². The molecule has 2 aromatic rings. The Labute approximate surface area is 124 Å². The summed E-state index contributed by atoms with van der Waals surface area (Å²) in [5, 5.41) is 12.1. The summed E-state index contributed by atoms with van der Waals surface area (Å²) in [5.74, 6) is -1.82. The molecule has 2 aromatic heterocycles. The first-order valence-electron chi connectivity index (χ1n) is 6.91. The van der Waals surface area contributed by atoms with Crippen LogP contribution in [0, 0.1) is 5.82 Å². The zero-order valence-electron chi connectivity index (χ0n) is 11.9. The summed E-state index contributed by atoms with van der Waals surface area (Å²) in [7, 11) is 0. The van der Waals surface area contributed by atoms with Gasteiger partial charge in [0.15, 0.2) is 11.6 Å². The van der Waals surface area contributed by atoms with E-state index in [-0.39, 0.29) is 22.9 Å². The minimum atomic E-state index is -1.36. The molecule has 7 nitrogen and oxygen atoms in total. The monoisotopic (exact) mass is 306 g/mol. The molecule has 3 N–H and O–H groups in total. The van der Waals surface area contributed by atoms with Crippen molar-refractivity contribution in [3.8, 4) is 0 Å². The fraction of sp³-hybridized carbons (Fsp3) is 0.357. The Morgan fingerprint density at radius 1 is 1.55 bits per heavy atom. The number of aromatic amines is 1. The van der Waals surface area contributed by atoms with Crippen LogP contribution >= 0.6 is 0 Å². The molecule has 1 unspecified atom stereocenters. The number of nitrogens with zero attached hydrogens (tertiary/aromatic N) is 2. The van der Waals surface area contributed by atoms with Crippen molar-refractivity contribution in [3.05, 3.63) is 33.9 Å². The number of halogens is 1. The van der Waals surface area contributed by atoms with E-state index in [1.807, 2.05) is 6.92 Å². The number of hydrogen-bond donors (Lipinski definition) is 3. The molecular formula is C14H15FN4O3. The third-order valence-electron chi connectivity index (χ3n) is 3.70. The average Bonchev–Trinajstić information content (AvgIpc) is 2.47. The number of carbonyl (C=O) groups is 1. The molecule has 1 aliphatic heterocycles. The molecule has 1 fully saturated rings. The lowest BCUT2D eigenvalue weighted by molar-refractivity contribution is 0.0695. The normalized spacial score (nSPS) is 18.6. The van der Waals surface area contributed by atoms with E-state index in [0.29, 0.717) is 13.1 Å². The number of aromatic carboxylic acids is 1. The minimum Gasteiger partial charge on any atom is -0.477 e. The van der Waals surface area contributed by atoms with Crippen LogP contribution in [-0.2, 0) is 0 Å². The first-order chi connectivity index (χ1) is 10.5. The molecule has 0 radical (unpaired) electrons. The van der Waals surface area contributed by atoms with E-state index in [1.165, 1.54) is 0 Å². The zero-order valence-corrected chi connectivity index (χ0v) is 11.9. The lowest BCUT2D eigenvalue weighted by Crippen LogP contribution is -2.49. The standard InChI is InChI=1S/C14H15FN4O3/c1-7-6-19(3-2-16-7)13-10(15)4-8-11(20)9(14(21)22)5-17-12(8)18-13/h4-5,7,16H,2-3,6H2,1H3,(H,21,22)(H,17,18,20). The van der Waals surface area contributed by atoms with E-state index in [2.05, 4.69) is 15.3 Å². The van der Waals surface area contributed by atoms with Gasteiger partial charge in [0.25, 0.3) is 0 Å². The SMILES string of the molecule is CC1CN(c2nc3[nH]cc(C(=O)O)c(=O)c3cc2F)CCN1. The second kappa shape index (κ2) is 5.38. The van der Waals surface area contributed by atoms with E-state index in [4.69, 9.17) is 5.11 Å². The van der Waals surface area contributed by atoms with Gasteiger partial charge in [-0.15, -0.1) is 0 Å². The Morgan fingerprint density at radius 2 is 2.32 bits per heavy atom. The summed E-state index contributed by atoms with van der Waals surface area (Å²) in [6, 6.07) is 1.26. The summed E-state index contributed by atoms with van der Waals surface area (Å²) < 4.78 is 14.3. The van der Waals surface area contributed by atoms with Gasteiger partial charge >= 0.3 is 5.97 Å². The van der Waals surface area contributed by atoms with Gasteiger partial charge in [0.2, 0.25) is 5.43 Å². The molecule has 0 aromatic carbocycles. The first kappa shape index (κ1) is 14.5. The number of pyridine rings is 2. The highest BCUT2D eigenvalue weighted by Gasteiger charge is 2.22. The molecule has 116 valence electrons. The van der Waals surface area contributed by atoms with Crippen molar-refractivity contribution in [2.45, 2.75) is 13.0 Å². The molecule has 0 amide bonds. The van der Waals surface area contributed by atoms with Gasteiger partial charge < -0.3 is 20.3 Å². The zero-order chi connectivity index (χ0) is 15.9. The molecule has 1 saturated heterocycles. The Morgan fingerprint density at radius 3 is 3.00 bits per heavy atom. The van der Waals surface area contributed by atoms with Crippen molar-refractivity contribution in [1.29, 1.82) is 0 Å². The highest BCUT2D eigenvalue weighted by molar-refractivity contribution is 5.91. The van der Waals surface area contributed by atoms with Crippen LogP contribution < -0.4 is 15.6 Å². The fourth-order valence-electron chi connectivity index (χ4n) is 2.62.